The minimum atomic E-state index is -0.540. The summed E-state index contributed by atoms with van der Waals surface area (Å²) in [7, 11) is 0. The number of amides is 4. The molecule has 6 aromatic rings. The van der Waals surface area contributed by atoms with Crippen molar-refractivity contribution >= 4 is 56.6 Å². The van der Waals surface area contributed by atoms with Crippen LogP contribution in [0.15, 0.2) is 115 Å². The SMILES string of the molecule is CC#CC(=O)N1CC2CC1CN2c1nc(-c2ccc(Oc3cccc(C4CN(CC=CC(=O)N5CC6(C5)CN(c5nc(-c7ccc(Oc8ccccc8)cc7)c(C(N)=O)s5)C6)CCO4)c3)cc2)c(C(N)=O)s1. The number of anilines is 2. The van der Waals surface area contributed by atoms with Crippen LogP contribution in [0.5, 0.6) is 23.0 Å². The molecule has 2 aromatic heterocycles. The zero-order valence-electron chi connectivity index (χ0n) is 39.4. The number of nitrogens with two attached hydrogens (primary N) is 2. The summed E-state index contributed by atoms with van der Waals surface area (Å²) in [6.45, 7) is 8.28. The average molecular weight is 1000 g/mol. The van der Waals surface area contributed by atoms with Crippen LogP contribution < -0.4 is 30.7 Å². The number of likely N-dealkylation sites (tertiary alicyclic amines) is 2. The van der Waals surface area contributed by atoms with Crippen molar-refractivity contribution in [1.29, 1.82) is 0 Å². The molecule has 5 aliphatic heterocycles. The highest BCUT2D eigenvalue weighted by Crippen LogP contribution is 2.45. The van der Waals surface area contributed by atoms with E-state index in [4.69, 9.17) is 35.6 Å². The predicted octanol–water partition coefficient (Wildman–Crippen LogP) is 6.81. The smallest absolute Gasteiger partial charge is 0.298 e. The number of aromatic nitrogens is 2. The van der Waals surface area contributed by atoms with Crippen molar-refractivity contribution in [2.45, 2.75) is 31.5 Å². The van der Waals surface area contributed by atoms with E-state index < -0.39 is 11.8 Å². The largest absolute Gasteiger partial charge is 0.457 e. The van der Waals surface area contributed by atoms with Crippen LogP contribution in [0.25, 0.3) is 22.5 Å². The van der Waals surface area contributed by atoms with Crippen molar-refractivity contribution < 1.29 is 33.4 Å². The number of ether oxygens (including phenoxy) is 3. The number of primary amides is 2. The Morgan fingerprint density at radius 2 is 1.38 bits per heavy atom. The number of thiazole rings is 2. The number of fused-ring (bicyclic) bond motifs is 2. The topological polar surface area (TPSA) is 190 Å². The Kier molecular flexibility index (Phi) is 12.7. The fraction of sp³-hybridized carbons (Fsp3) is 0.296. The Hall–Kier alpha value is -7.56. The molecule has 18 heteroatoms. The van der Waals surface area contributed by atoms with Crippen LogP contribution in [-0.4, -0.2) is 126 Å². The lowest BCUT2D eigenvalue weighted by Gasteiger charge is -2.60. The molecular formula is C54H51N9O7S2. The van der Waals surface area contributed by atoms with E-state index >= 15 is 0 Å². The lowest BCUT2D eigenvalue weighted by molar-refractivity contribution is -0.139. The molecule has 16 nitrogen and oxygen atoms in total. The molecule has 3 unspecified atom stereocenters. The summed E-state index contributed by atoms with van der Waals surface area (Å²) in [6.07, 6.45) is 4.27. The molecule has 2 bridgehead atoms. The van der Waals surface area contributed by atoms with Crippen LogP contribution in [0.1, 0.15) is 44.4 Å². The molecule has 0 saturated carbocycles. The van der Waals surface area contributed by atoms with Gasteiger partial charge < -0.3 is 45.3 Å². The third-order valence-electron chi connectivity index (χ3n) is 13.8. The van der Waals surface area contributed by atoms with Crippen LogP contribution in [0.4, 0.5) is 10.3 Å². The van der Waals surface area contributed by atoms with E-state index in [1.54, 1.807) is 13.0 Å². The molecule has 0 radical (unpaired) electrons. The number of para-hydroxylation sites is 1. The Morgan fingerprint density at radius 3 is 2.01 bits per heavy atom. The van der Waals surface area contributed by atoms with Crippen LogP contribution >= 0.6 is 22.7 Å². The van der Waals surface area contributed by atoms with E-state index in [1.807, 2.05) is 119 Å². The molecule has 5 fully saturated rings. The first-order chi connectivity index (χ1) is 35.0. The number of hydrogen-bond acceptors (Lipinski definition) is 14. The van der Waals surface area contributed by atoms with Gasteiger partial charge >= 0.3 is 0 Å². The van der Waals surface area contributed by atoms with Gasteiger partial charge in [-0.05, 0) is 97.6 Å². The fourth-order valence-electron chi connectivity index (χ4n) is 10.3. The van der Waals surface area contributed by atoms with Gasteiger partial charge in [-0.1, -0.05) is 65.0 Å². The quantitative estimate of drug-likeness (QED) is 0.0859. The number of nitrogens with zero attached hydrogens (tertiary/aromatic N) is 7. The molecule has 11 rings (SSSR count). The summed E-state index contributed by atoms with van der Waals surface area (Å²) >= 11 is 2.58. The second-order valence-corrected chi connectivity index (χ2v) is 20.8. The highest BCUT2D eigenvalue weighted by atomic mass is 32.1. The third-order valence-corrected chi connectivity index (χ3v) is 16.1. The molecule has 5 aliphatic rings. The number of benzene rings is 4. The average Bonchev–Trinajstić information content (AvgIpc) is 4.19. The number of rotatable bonds is 14. The molecule has 4 amide bonds. The van der Waals surface area contributed by atoms with E-state index in [0.29, 0.717) is 89.4 Å². The van der Waals surface area contributed by atoms with Gasteiger partial charge in [0.25, 0.3) is 17.7 Å². The van der Waals surface area contributed by atoms with E-state index in [-0.39, 0.29) is 35.4 Å². The number of carbonyl (C=O) groups excluding carboxylic acids is 4. The van der Waals surface area contributed by atoms with Gasteiger partial charge in [0.15, 0.2) is 10.3 Å². The number of morpholine rings is 1. The summed E-state index contributed by atoms with van der Waals surface area (Å²) < 4.78 is 18.4. The molecule has 7 heterocycles. The van der Waals surface area contributed by atoms with Crippen molar-refractivity contribution in [3.05, 3.63) is 131 Å². The van der Waals surface area contributed by atoms with Crippen molar-refractivity contribution in [2.24, 2.45) is 16.9 Å². The highest BCUT2D eigenvalue weighted by molar-refractivity contribution is 7.18. The molecule has 3 atom stereocenters. The number of hydrogen-bond donors (Lipinski definition) is 2. The third kappa shape index (κ3) is 9.51. The highest BCUT2D eigenvalue weighted by Gasteiger charge is 2.54. The second-order valence-electron chi connectivity index (χ2n) is 18.8. The lowest BCUT2D eigenvalue weighted by atomic mass is 9.73. The summed E-state index contributed by atoms with van der Waals surface area (Å²) in [5.41, 5.74) is 15.3. The van der Waals surface area contributed by atoms with Crippen molar-refractivity contribution in [1.82, 2.24) is 24.7 Å². The maximum Gasteiger partial charge on any atom is 0.298 e. The Labute approximate surface area is 424 Å². The van der Waals surface area contributed by atoms with Gasteiger partial charge in [0.2, 0.25) is 5.91 Å². The van der Waals surface area contributed by atoms with Crippen LogP contribution in [0.2, 0.25) is 0 Å². The molecule has 72 heavy (non-hydrogen) atoms. The summed E-state index contributed by atoms with van der Waals surface area (Å²) in [5, 5.41) is 1.46. The van der Waals surface area contributed by atoms with Gasteiger partial charge in [0, 0.05) is 81.5 Å². The first-order valence-electron chi connectivity index (χ1n) is 23.9. The van der Waals surface area contributed by atoms with Gasteiger partial charge in [-0.15, -0.1) is 0 Å². The van der Waals surface area contributed by atoms with E-state index in [1.165, 1.54) is 22.7 Å². The number of piperazine rings is 1. The zero-order chi connectivity index (χ0) is 49.5. The molecule has 4 aromatic carbocycles. The molecule has 1 spiro atoms. The summed E-state index contributed by atoms with van der Waals surface area (Å²) in [6, 6.07) is 32.5. The standard InChI is InChI=1S/C54H51N9O7S2/c1-2-8-45(65)62-27-38-26-37(62)28-63(38)53-58-47(49(72-53)51(56)67)35-16-20-41(21-17-35)70-42-12-6-9-36(25-42)43-29-59(23-24-68-43)22-7-13-44(64)60-30-54(31-60)32-61(33-54)52-57-46(48(71-52)50(55)66)34-14-18-40(19-15-34)69-39-10-4-3-5-11-39/h3-7,9-21,25,37-38,43H,22-24,26-33H2,1H3,(H2,55,66)(H2,56,67). The molecule has 366 valence electrons. The normalized spacial score (nSPS) is 20.0. The van der Waals surface area contributed by atoms with Crippen molar-refractivity contribution in [3.8, 4) is 57.4 Å². The maximum absolute atomic E-state index is 13.2. The molecule has 0 aliphatic carbocycles. The lowest BCUT2D eigenvalue weighted by Crippen LogP contribution is -2.73. The Morgan fingerprint density at radius 1 is 0.750 bits per heavy atom. The number of carbonyl (C=O) groups is 4. The van der Waals surface area contributed by atoms with Crippen molar-refractivity contribution in [3.63, 3.8) is 0 Å². The van der Waals surface area contributed by atoms with Gasteiger partial charge in [-0.3, -0.25) is 24.1 Å². The zero-order valence-corrected chi connectivity index (χ0v) is 41.1. The second kappa shape index (κ2) is 19.6. The van der Waals surface area contributed by atoms with Gasteiger partial charge in [0.1, 0.15) is 32.8 Å². The summed E-state index contributed by atoms with van der Waals surface area (Å²) in [4.78, 5) is 71.6. The van der Waals surface area contributed by atoms with Crippen molar-refractivity contribution in [2.75, 3.05) is 75.3 Å². The Bertz CT molecular complexity index is 3130. The van der Waals surface area contributed by atoms with Gasteiger partial charge in [-0.25, -0.2) is 9.97 Å². The Balaban J connectivity index is 0.647. The monoisotopic (exact) mass is 1000 g/mol. The van der Waals surface area contributed by atoms with Crippen LogP contribution in [-0.2, 0) is 14.3 Å². The maximum atomic E-state index is 13.2. The minimum absolute atomic E-state index is 0.00211. The molecular weight excluding hydrogens is 951 g/mol. The fourth-order valence-corrected chi connectivity index (χ4v) is 12.3. The first-order valence-corrected chi connectivity index (χ1v) is 25.5. The van der Waals surface area contributed by atoms with E-state index in [2.05, 4.69) is 26.5 Å². The summed E-state index contributed by atoms with van der Waals surface area (Å²) in [5.74, 6) is 6.83. The first kappa shape index (κ1) is 46.8. The minimum Gasteiger partial charge on any atom is -0.457 e. The van der Waals surface area contributed by atoms with E-state index in [9.17, 15) is 19.2 Å². The molecule has 4 N–H and O–H groups in total. The molecule has 5 saturated heterocycles. The van der Waals surface area contributed by atoms with Gasteiger partial charge in [0.05, 0.1) is 36.2 Å². The van der Waals surface area contributed by atoms with E-state index in [0.717, 1.165) is 53.6 Å². The van der Waals surface area contributed by atoms with Gasteiger partial charge in [-0.2, -0.15) is 0 Å². The van der Waals surface area contributed by atoms with Crippen LogP contribution in [0.3, 0.4) is 0 Å². The van der Waals surface area contributed by atoms with Crippen LogP contribution in [0, 0.1) is 17.3 Å². The predicted molar refractivity (Wildman–Crippen MR) is 275 cm³/mol.